The van der Waals surface area contributed by atoms with Gasteiger partial charge in [0, 0.05) is 52.8 Å². The SMILES string of the molecule is O=C(Cn1cc(-c2ccncc2)c(-c2cc(NCc3ccc(Cl)s3)n(C(=O)c3cccs3)n2)cc1=O)c1ccon1. The van der Waals surface area contributed by atoms with E-state index in [1.165, 1.54) is 50.3 Å². The van der Waals surface area contributed by atoms with E-state index >= 15 is 0 Å². The molecule has 0 aliphatic carbocycles. The molecule has 0 spiro atoms. The summed E-state index contributed by atoms with van der Waals surface area (Å²) in [5, 5.41) is 13.4. The van der Waals surface area contributed by atoms with E-state index in [0.717, 1.165) is 10.4 Å². The van der Waals surface area contributed by atoms with Crippen LogP contribution < -0.4 is 10.9 Å². The predicted octanol–water partition coefficient (Wildman–Crippen LogP) is 5.72. The number of hydrogen-bond donors (Lipinski definition) is 1. The summed E-state index contributed by atoms with van der Waals surface area (Å²) in [5.74, 6) is -0.232. The molecule has 6 heterocycles. The average molecular weight is 603 g/mol. The zero-order valence-electron chi connectivity index (χ0n) is 21.1. The molecule has 0 fully saturated rings. The van der Waals surface area contributed by atoms with Crippen molar-refractivity contribution < 1.29 is 14.1 Å². The Morgan fingerprint density at radius 1 is 1.05 bits per heavy atom. The molecule has 6 aromatic rings. The molecular weight excluding hydrogens is 584 g/mol. The van der Waals surface area contributed by atoms with Crippen LogP contribution in [-0.2, 0) is 13.1 Å². The normalized spacial score (nSPS) is 11.0. The van der Waals surface area contributed by atoms with Crippen LogP contribution in [0, 0.1) is 0 Å². The van der Waals surface area contributed by atoms with Gasteiger partial charge in [-0.05, 0) is 41.3 Å². The fourth-order valence-electron chi connectivity index (χ4n) is 4.18. The number of aromatic nitrogens is 5. The molecule has 0 unspecified atom stereocenters. The van der Waals surface area contributed by atoms with Crippen molar-refractivity contribution in [3.63, 3.8) is 0 Å². The second-order valence-corrected chi connectivity index (χ2v) is 11.5. The van der Waals surface area contributed by atoms with Crippen LogP contribution in [0.3, 0.4) is 0 Å². The van der Waals surface area contributed by atoms with Gasteiger partial charge < -0.3 is 14.4 Å². The van der Waals surface area contributed by atoms with Crippen LogP contribution in [0.5, 0.6) is 0 Å². The molecule has 6 aromatic heterocycles. The van der Waals surface area contributed by atoms with Gasteiger partial charge in [0.2, 0.25) is 5.78 Å². The zero-order chi connectivity index (χ0) is 28.3. The molecule has 0 bridgehead atoms. The largest absolute Gasteiger partial charge is 0.365 e. The van der Waals surface area contributed by atoms with Crippen molar-refractivity contribution in [2.45, 2.75) is 13.1 Å². The molecule has 1 N–H and O–H groups in total. The van der Waals surface area contributed by atoms with E-state index in [4.69, 9.17) is 16.1 Å². The van der Waals surface area contributed by atoms with E-state index in [0.29, 0.717) is 38.4 Å². The highest BCUT2D eigenvalue weighted by atomic mass is 35.5. The van der Waals surface area contributed by atoms with Gasteiger partial charge in [0.05, 0.1) is 28.0 Å². The highest BCUT2D eigenvalue weighted by Gasteiger charge is 2.22. The van der Waals surface area contributed by atoms with Crippen molar-refractivity contribution in [2.24, 2.45) is 0 Å². The Hall–Kier alpha value is -4.65. The number of thiophene rings is 2. The number of halogens is 1. The molecule has 0 saturated carbocycles. The first-order valence-electron chi connectivity index (χ1n) is 12.2. The summed E-state index contributed by atoms with van der Waals surface area (Å²) >= 11 is 8.83. The molecule has 0 atom stereocenters. The molecular formula is C28H19ClN6O4S2. The minimum atomic E-state index is -0.420. The smallest absolute Gasteiger partial charge is 0.290 e. The van der Waals surface area contributed by atoms with Crippen LogP contribution in [0.2, 0.25) is 4.34 Å². The van der Waals surface area contributed by atoms with Gasteiger partial charge in [0.25, 0.3) is 11.5 Å². The topological polar surface area (TPSA) is 125 Å². The van der Waals surface area contributed by atoms with Crippen LogP contribution >= 0.6 is 34.3 Å². The van der Waals surface area contributed by atoms with Gasteiger partial charge in [0.1, 0.15) is 12.1 Å². The number of carbonyl (C=O) groups is 2. The van der Waals surface area contributed by atoms with E-state index in [2.05, 4.69) is 20.6 Å². The Labute approximate surface area is 245 Å². The molecule has 41 heavy (non-hydrogen) atoms. The van der Waals surface area contributed by atoms with E-state index < -0.39 is 5.56 Å². The van der Waals surface area contributed by atoms with Gasteiger partial charge in [-0.3, -0.25) is 19.4 Å². The van der Waals surface area contributed by atoms with Crippen LogP contribution in [0.4, 0.5) is 5.82 Å². The number of carbonyl (C=O) groups excluding carboxylic acids is 2. The second-order valence-electron chi connectivity index (χ2n) is 8.78. The molecule has 10 nitrogen and oxygen atoms in total. The van der Waals surface area contributed by atoms with Crippen molar-refractivity contribution in [2.75, 3.05) is 5.32 Å². The minimum absolute atomic E-state index is 0.125. The third kappa shape index (κ3) is 5.66. The van der Waals surface area contributed by atoms with Crippen LogP contribution in [-0.4, -0.2) is 36.2 Å². The van der Waals surface area contributed by atoms with E-state index in [-0.39, 0.29) is 23.9 Å². The summed E-state index contributed by atoms with van der Waals surface area (Å²) in [6, 6.07) is 15.4. The standard InChI is InChI=1S/C28H19ClN6O4S2/c29-25-4-3-18(41-25)14-31-26-13-22(32-35(26)28(38)24-2-1-11-40-24)19-12-27(37)34(16-23(36)21-7-10-39-33-21)15-20(19)17-5-8-30-9-6-17/h1-13,15,31H,14,16H2. The predicted molar refractivity (Wildman–Crippen MR) is 157 cm³/mol. The number of Topliss-reactive ketones (excluding diaryl/α,β-unsaturated/α-hetero) is 1. The fraction of sp³-hybridized carbons (Fsp3) is 0.0714. The Kier molecular flexibility index (Phi) is 7.42. The van der Waals surface area contributed by atoms with Crippen molar-refractivity contribution in [3.8, 4) is 22.4 Å². The number of nitrogens with zero attached hydrogens (tertiary/aromatic N) is 5. The van der Waals surface area contributed by atoms with Crippen LogP contribution in [0.1, 0.15) is 25.0 Å². The lowest BCUT2D eigenvalue weighted by atomic mass is 10.0. The van der Waals surface area contributed by atoms with E-state index in [9.17, 15) is 14.4 Å². The molecule has 0 radical (unpaired) electrons. The molecule has 0 aliphatic rings. The Bertz CT molecular complexity index is 1890. The summed E-state index contributed by atoms with van der Waals surface area (Å²) < 4.78 is 8.04. The first-order valence-corrected chi connectivity index (χ1v) is 14.3. The van der Waals surface area contributed by atoms with Crippen LogP contribution in [0.15, 0.2) is 94.1 Å². The Morgan fingerprint density at radius 2 is 1.90 bits per heavy atom. The lowest BCUT2D eigenvalue weighted by Gasteiger charge is -2.12. The molecule has 0 aliphatic heterocycles. The van der Waals surface area contributed by atoms with E-state index in [1.807, 2.05) is 17.5 Å². The zero-order valence-corrected chi connectivity index (χ0v) is 23.4. The number of pyridine rings is 2. The van der Waals surface area contributed by atoms with Crippen molar-refractivity contribution in [3.05, 3.63) is 115 Å². The lowest BCUT2D eigenvalue weighted by molar-refractivity contribution is 0.0947. The van der Waals surface area contributed by atoms with Gasteiger partial charge in [-0.25, -0.2) is 0 Å². The number of ketones is 1. The van der Waals surface area contributed by atoms with Crippen LogP contribution in [0.25, 0.3) is 22.4 Å². The Morgan fingerprint density at radius 3 is 2.61 bits per heavy atom. The van der Waals surface area contributed by atoms with Gasteiger partial charge in [-0.2, -0.15) is 9.78 Å². The summed E-state index contributed by atoms with van der Waals surface area (Å²) in [7, 11) is 0. The third-order valence-electron chi connectivity index (χ3n) is 6.14. The average Bonchev–Trinajstić information content (AvgIpc) is 3.80. The van der Waals surface area contributed by atoms with Gasteiger partial charge >= 0.3 is 0 Å². The summed E-state index contributed by atoms with van der Waals surface area (Å²) in [6.45, 7) is 0.189. The van der Waals surface area contributed by atoms with Crippen molar-refractivity contribution >= 4 is 51.8 Å². The van der Waals surface area contributed by atoms with Crippen molar-refractivity contribution in [1.29, 1.82) is 0 Å². The van der Waals surface area contributed by atoms with Crippen molar-refractivity contribution in [1.82, 2.24) is 24.5 Å². The summed E-state index contributed by atoms with van der Waals surface area (Å²) in [6.07, 6.45) is 6.17. The molecule has 13 heteroatoms. The molecule has 0 saturated heterocycles. The maximum Gasteiger partial charge on any atom is 0.290 e. The highest BCUT2D eigenvalue weighted by molar-refractivity contribution is 7.16. The molecule has 204 valence electrons. The number of hydrogen-bond acceptors (Lipinski definition) is 10. The lowest BCUT2D eigenvalue weighted by Crippen LogP contribution is -2.24. The molecule has 6 rings (SSSR count). The highest BCUT2D eigenvalue weighted by Crippen LogP contribution is 2.32. The monoisotopic (exact) mass is 602 g/mol. The molecule has 0 amide bonds. The van der Waals surface area contributed by atoms with Gasteiger partial charge in [-0.15, -0.1) is 22.7 Å². The van der Waals surface area contributed by atoms with E-state index in [1.54, 1.807) is 48.9 Å². The fourth-order valence-corrected chi connectivity index (χ4v) is 5.86. The molecule has 0 aromatic carbocycles. The maximum absolute atomic E-state index is 13.4. The first-order chi connectivity index (χ1) is 20.0. The van der Waals surface area contributed by atoms with Gasteiger partial charge in [-0.1, -0.05) is 22.8 Å². The summed E-state index contributed by atoms with van der Waals surface area (Å²) in [4.78, 5) is 45.0. The number of nitrogens with one attached hydrogen (secondary N) is 1. The van der Waals surface area contributed by atoms with Gasteiger partial charge in [0.15, 0.2) is 5.69 Å². The Balaban J connectivity index is 1.44. The maximum atomic E-state index is 13.4. The second kappa shape index (κ2) is 11.5. The first kappa shape index (κ1) is 26.6. The number of anilines is 1. The summed E-state index contributed by atoms with van der Waals surface area (Å²) in [5.41, 5.74) is 1.98. The number of rotatable bonds is 9. The quantitative estimate of drug-likeness (QED) is 0.208. The minimum Gasteiger partial charge on any atom is -0.365 e. The third-order valence-corrected chi connectivity index (χ3v) is 8.23.